The maximum absolute atomic E-state index is 4.44. The minimum absolute atomic E-state index is 0.785. The molecule has 0 aliphatic heterocycles. The van der Waals surface area contributed by atoms with Gasteiger partial charge in [-0.15, -0.1) is 0 Å². The van der Waals surface area contributed by atoms with Crippen LogP contribution in [0.1, 0.15) is 18.1 Å². The van der Waals surface area contributed by atoms with E-state index in [4.69, 9.17) is 0 Å². The van der Waals surface area contributed by atoms with Gasteiger partial charge in [-0.25, -0.2) is 0 Å². The number of hydrogen-bond donors (Lipinski definition) is 0. The van der Waals surface area contributed by atoms with Crippen LogP contribution in [0, 0.1) is 0 Å². The van der Waals surface area contributed by atoms with Crippen molar-refractivity contribution >= 4 is 35.3 Å². The van der Waals surface area contributed by atoms with Gasteiger partial charge in [-0.3, -0.25) is 0 Å². The van der Waals surface area contributed by atoms with Crippen LogP contribution in [0.3, 0.4) is 0 Å². The Bertz CT molecular complexity index is 536. The predicted octanol–water partition coefficient (Wildman–Crippen LogP) is 4.17. The van der Waals surface area contributed by atoms with Crippen molar-refractivity contribution in [3.05, 3.63) is 35.4 Å². The number of nitrogens with zero attached hydrogens (tertiary/aromatic N) is 3. The van der Waals surface area contributed by atoms with Crippen molar-refractivity contribution < 1.29 is 0 Å². The summed E-state index contributed by atoms with van der Waals surface area (Å²) in [4.78, 5) is 13.2. The lowest BCUT2D eigenvalue weighted by Gasteiger charge is -2.05. The molecule has 0 atom stereocenters. The van der Waals surface area contributed by atoms with Crippen molar-refractivity contribution in [2.75, 3.05) is 12.5 Å². The second-order valence-electron chi connectivity index (χ2n) is 4.05. The molecular formula is C14H17N3S3. The minimum atomic E-state index is 0.785. The van der Waals surface area contributed by atoms with Crippen LogP contribution in [0.25, 0.3) is 0 Å². The van der Waals surface area contributed by atoms with Gasteiger partial charge in [0.15, 0.2) is 15.5 Å². The molecular weight excluding hydrogens is 306 g/mol. The maximum Gasteiger partial charge on any atom is 0.192 e. The SMILES string of the molecule is CCc1ccc(CSc2nc(SC)nc(SC)n2)cc1. The molecule has 0 aliphatic rings. The second-order valence-corrected chi connectivity index (χ2v) is 6.54. The molecule has 0 N–H and O–H groups in total. The van der Waals surface area contributed by atoms with Gasteiger partial charge in [-0.05, 0) is 30.1 Å². The second kappa shape index (κ2) is 7.90. The summed E-state index contributed by atoms with van der Waals surface area (Å²) in [5, 5.41) is 2.37. The predicted molar refractivity (Wildman–Crippen MR) is 88.8 cm³/mol. The first-order chi connectivity index (χ1) is 9.75. The van der Waals surface area contributed by atoms with Gasteiger partial charge in [0.1, 0.15) is 0 Å². The van der Waals surface area contributed by atoms with E-state index in [1.807, 2.05) is 12.5 Å². The average molecular weight is 324 g/mol. The van der Waals surface area contributed by atoms with Gasteiger partial charge in [0.25, 0.3) is 0 Å². The lowest BCUT2D eigenvalue weighted by atomic mass is 10.1. The zero-order chi connectivity index (χ0) is 14.4. The first kappa shape index (κ1) is 15.7. The first-order valence-electron chi connectivity index (χ1n) is 6.29. The highest BCUT2D eigenvalue weighted by Crippen LogP contribution is 2.23. The fourth-order valence-electron chi connectivity index (χ4n) is 1.59. The van der Waals surface area contributed by atoms with E-state index in [-0.39, 0.29) is 0 Å². The molecule has 6 heteroatoms. The summed E-state index contributed by atoms with van der Waals surface area (Å²) in [6.07, 6.45) is 5.05. The Morgan fingerprint density at radius 2 is 1.30 bits per heavy atom. The molecule has 0 radical (unpaired) electrons. The quantitative estimate of drug-likeness (QED) is 0.743. The van der Waals surface area contributed by atoms with E-state index in [0.29, 0.717) is 0 Å². The number of hydrogen-bond acceptors (Lipinski definition) is 6. The molecule has 1 aromatic carbocycles. The first-order valence-corrected chi connectivity index (χ1v) is 9.73. The summed E-state index contributed by atoms with van der Waals surface area (Å²) in [7, 11) is 0. The van der Waals surface area contributed by atoms with Gasteiger partial charge in [-0.2, -0.15) is 15.0 Å². The van der Waals surface area contributed by atoms with Crippen molar-refractivity contribution in [2.24, 2.45) is 0 Å². The number of aryl methyl sites for hydroxylation is 1. The van der Waals surface area contributed by atoms with Crippen LogP contribution in [0.15, 0.2) is 39.7 Å². The van der Waals surface area contributed by atoms with E-state index in [9.17, 15) is 0 Å². The fourth-order valence-corrected chi connectivity index (χ4v) is 3.26. The van der Waals surface area contributed by atoms with Crippen LogP contribution in [-0.2, 0) is 12.2 Å². The maximum atomic E-state index is 4.44. The van der Waals surface area contributed by atoms with Gasteiger partial charge in [-0.1, -0.05) is 66.5 Å². The molecule has 0 aliphatic carbocycles. The van der Waals surface area contributed by atoms with Crippen molar-refractivity contribution in [1.82, 2.24) is 15.0 Å². The third-order valence-corrected chi connectivity index (χ3v) is 4.75. The van der Waals surface area contributed by atoms with Crippen LogP contribution in [0.2, 0.25) is 0 Å². The molecule has 0 saturated carbocycles. The summed E-state index contributed by atoms with van der Waals surface area (Å²) in [6, 6.07) is 8.73. The number of aromatic nitrogens is 3. The molecule has 0 saturated heterocycles. The fraction of sp³-hybridized carbons (Fsp3) is 0.357. The molecule has 106 valence electrons. The summed E-state index contributed by atoms with van der Waals surface area (Å²) in [5.41, 5.74) is 2.66. The number of rotatable bonds is 6. The Morgan fingerprint density at radius 3 is 1.80 bits per heavy atom. The van der Waals surface area contributed by atoms with Gasteiger partial charge >= 0.3 is 0 Å². The minimum Gasteiger partial charge on any atom is -0.196 e. The zero-order valence-electron chi connectivity index (χ0n) is 11.8. The van der Waals surface area contributed by atoms with E-state index < -0.39 is 0 Å². The van der Waals surface area contributed by atoms with E-state index >= 15 is 0 Å². The summed E-state index contributed by atoms with van der Waals surface area (Å²) >= 11 is 4.76. The van der Waals surface area contributed by atoms with E-state index in [0.717, 1.165) is 27.6 Å². The molecule has 20 heavy (non-hydrogen) atoms. The molecule has 3 nitrogen and oxygen atoms in total. The Morgan fingerprint density at radius 1 is 0.800 bits per heavy atom. The molecule has 0 unspecified atom stereocenters. The Balaban J connectivity index is 2.05. The van der Waals surface area contributed by atoms with Crippen molar-refractivity contribution in [2.45, 2.75) is 34.6 Å². The van der Waals surface area contributed by atoms with Gasteiger partial charge < -0.3 is 0 Å². The highest BCUT2D eigenvalue weighted by atomic mass is 32.2. The van der Waals surface area contributed by atoms with Gasteiger partial charge in [0.05, 0.1) is 0 Å². The van der Waals surface area contributed by atoms with E-state index in [2.05, 4.69) is 46.1 Å². The van der Waals surface area contributed by atoms with Crippen LogP contribution in [-0.4, -0.2) is 27.5 Å². The van der Waals surface area contributed by atoms with E-state index in [1.165, 1.54) is 11.1 Å². The molecule has 1 heterocycles. The van der Waals surface area contributed by atoms with Crippen molar-refractivity contribution in [1.29, 1.82) is 0 Å². The van der Waals surface area contributed by atoms with Gasteiger partial charge in [0, 0.05) is 5.75 Å². The van der Waals surface area contributed by atoms with Crippen LogP contribution < -0.4 is 0 Å². The Kier molecular flexibility index (Phi) is 6.19. The standard InChI is InChI=1S/C14H17N3S3/c1-4-10-5-7-11(8-6-10)9-20-14-16-12(18-2)15-13(17-14)19-3/h5-8H,4,9H2,1-3H3. The third-order valence-electron chi connectivity index (χ3n) is 2.74. The Hall–Kier alpha value is -0.720. The molecule has 0 spiro atoms. The number of thioether (sulfide) groups is 3. The van der Waals surface area contributed by atoms with Crippen LogP contribution in [0.5, 0.6) is 0 Å². The van der Waals surface area contributed by atoms with Crippen molar-refractivity contribution in [3.63, 3.8) is 0 Å². The largest absolute Gasteiger partial charge is 0.196 e. The average Bonchev–Trinajstić information content (AvgIpc) is 2.53. The lowest BCUT2D eigenvalue weighted by molar-refractivity contribution is 0.719. The highest BCUT2D eigenvalue weighted by molar-refractivity contribution is 7.99. The zero-order valence-corrected chi connectivity index (χ0v) is 14.2. The molecule has 1 aromatic heterocycles. The smallest absolute Gasteiger partial charge is 0.192 e. The topological polar surface area (TPSA) is 38.7 Å². The number of benzene rings is 1. The van der Waals surface area contributed by atoms with Crippen LogP contribution in [0.4, 0.5) is 0 Å². The van der Waals surface area contributed by atoms with Gasteiger partial charge in [0.2, 0.25) is 0 Å². The van der Waals surface area contributed by atoms with E-state index in [1.54, 1.807) is 35.3 Å². The third kappa shape index (κ3) is 4.40. The lowest BCUT2D eigenvalue weighted by Crippen LogP contribution is -1.96. The van der Waals surface area contributed by atoms with Crippen molar-refractivity contribution in [3.8, 4) is 0 Å². The normalized spacial score (nSPS) is 10.8. The summed E-state index contributed by atoms with van der Waals surface area (Å²) < 4.78 is 0. The summed E-state index contributed by atoms with van der Waals surface area (Å²) in [6.45, 7) is 2.17. The molecule has 2 aromatic rings. The Labute approximate surface area is 132 Å². The summed E-state index contributed by atoms with van der Waals surface area (Å²) in [5.74, 6) is 0.885. The molecule has 2 rings (SSSR count). The molecule has 0 bridgehead atoms. The molecule has 0 amide bonds. The highest BCUT2D eigenvalue weighted by Gasteiger charge is 2.06. The molecule has 0 fully saturated rings. The monoisotopic (exact) mass is 323 g/mol. The van der Waals surface area contributed by atoms with Crippen LogP contribution >= 0.6 is 35.3 Å².